The Labute approximate surface area is 154 Å². The van der Waals surface area contributed by atoms with Crippen molar-refractivity contribution in [3.8, 4) is 5.75 Å². The minimum absolute atomic E-state index is 0.101. The SMILES string of the molecule is C[C@@H](CCCC1CNc2ccc(F)cc2O1)c1cccc2ccccc12. The topological polar surface area (TPSA) is 21.3 Å². The highest BCUT2D eigenvalue weighted by molar-refractivity contribution is 5.86. The molecule has 3 heteroatoms. The summed E-state index contributed by atoms with van der Waals surface area (Å²) in [6.07, 6.45) is 3.27. The van der Waals surface area contributed by atoms with E-state index in [9.17, 15) is 4.39 Å². The molecule has 1 N–H and O–H groups in total. The molecule has 0 radical (unpaired) electrons. The lowest BCUT2D eigenvalue weighted by molar-refractivity contribution is 0.190. The van der Waals surface area contributed by atoms with Crippen molar-refractivity contribution in [3.05, 3.63) is 72.0 Å². The predicted octanol–water partition coefficient (Wildman–Crippen LogP) is 6.13. The number of benzene rings is 3. The molecule has 2 nitrogen and oxygen atoms in total. The van der Waals surface area contributed by atoms with Crippen LogP contribution >= 0.6 is 0 Å². The number of ether oxygens (including phenoxy) is 1. The molecule has 0 spiro atoms. The second kappa shape index (κ2) is 7.36. The maximum absolute atomic E-state index is 13.4. The normalized spacial score (nSPS) is 17.2. The molecule has 1 heterocycles. The predicted molar refractivity (Wildman–Crippen MR) is 106 cm³/mol. The van der Waals surface area contributed by atoms with Crippen LogP contribution in [0, 0.1) is 5.82 Å². The largest absolute Gasteiger partial charge is 0.486 e. The quantitative estimate of drug-likeness (QED) is 0.598. The van der Waals surface area contributed by atoms with Crippen LogP contribution in [0.1, 0.15) is 37.7 Å². The summed E-state index contributed by atoms with van der Waals surface area (Å²) in [4.78, 5) is 0. The van der Waals surface area contributed by atoms with Gasteiger partial charge in [-0.2, -0.15) is 0 Å². The fraction of sp³-hybridized carbons (Fsp3) is 0.304. The summed E-state index contributed by atoms with van der Waals surface area (Å²) >= 11 is 0. The van der Waals surface area contributed by atoms with Crippen LogP contribution in [0.5, 0.6) is 5.75 Å². The molecule has 1 aliphatic heterocycles. The third-order valence-corrected chi connectivity index (χ3v) is 5.27. The van der Waals surface area contributed by atoms with Gasteiger partial charge in [0.15, 0.2) is 0 Å². The first-order valence-corrected chi connectivity index (χ1v) is 9.38. The molecule has 4 rings (SSSR count). The first-order valence-electron chi connectivity index (χ1n) is 9.38. The number of hydrogen-bond donors (Lipinski definition) is 1. The van der Waals surface area contributed by atoms with Crippen molar-refractivity contribution in [2.45, 2.75) is 38.2 Å². The standard InChI is InChI=1S/C23H24FNO/c1-16(20-11-5-8-17-7-2-3-10-21(17)20)6-4-9-19-15-25-22-13-12-18(24)14-23(22)26-19/h2-3,5,7-8,10-14,16,19,25H,4,6,9,15H2,1H3/t16-,19?/m0/s1. The lowest BCUT2D eigenvalue weighted by Gasteiger charge is -2.27. The molecule has 0 aromatic heterocycles. The van der Waals surface area contributed by atoms with E-state index in [2.05, 4.69) is 54.7 Å². The van der Waals surface area contributed by atoms with Gasteiger partial charge in [-0.1, -0.05) is 49.4 Å². The van der Waals surface area contributed by atoms with E-state index in [0.717, 1.165) is 31.5 Å². The Bertz CT molecular complexity index is 902. The molecule has 134 valence electrons. The second-order valence-electron chi connectivity index (χ2n) is 7.16. The summed E-state index contributed by atoms with van der Waals surface area (Å²) in [5, 5.41) is 5.99. The fourth-order valence-corrected chi connectivity index (χ4v) is 3.83. The molecule has 0 bridgehead atoms. The van der Waals surface area contributed by atoms with Gasteiger partial charge >= 0.3 is 0 Å². The number of rotatable bonds is 5. The van der Waals surface area contributed by atoms with E-state index in [1.165, 1.54) is 28.5 Å². The van der Waals surface area contributed by atoms with Crippen LogP contribution in [0.25, 0.3) is 10.8 Å². The van der Waals surface area contributed by atoms with E-state index in [1.54, 1.807) is 6.07 Å². The zero-order chi connectivity index (χ0) is 17.9. The lowest BCUT2D eigenvalue weighted by Crippen LogP contribution is -2.30. The molecule has 0 aliphatic carbocycles. The van der Waals surface area contributed by atoms with Crippen molar-refractivity contribution in [1.82, 2.24) is 0 Å². The van der Waals surface area contributed by atoms with Gasteiger partial charge in [0, 0.05) is 6.07 Å². The number of fused-ring (bicyclic) bond motifs is 2. The Kier molecular flexibility index (Phi) is 4.79. The maximum Gasteiger partial charge on any atom is 0.145 e. The van der Waals surface area contributed by atoms with Gasteiger partial charge in [-0.3, -0.25) is 0 Å². The monoisotopic (exact) mass is 349 g/mol. The van der Waals surface area contributed by atoms with Gasteiger partial charge in [0.2, 0.25) is 0 Å². The van der Waals surface area contributed by atoms with Crippen LogP contribution in [-0.2, 0) is 0 Å². The summed E-state index contributed by atoms with van der Waals surface area (Å²) in [6.45, 7) is 3.08. The third kappa shape index (κ3) is 3.52. The van der Waals surface area contributed by atoms with Gasteiger partial charge in [-0.25, -0.2) is 4.39 Å². The number of hydrogen-bond acceptors (Lipinski definition) is 2. The van der Waals surface area contributed by atoms with E-state index in [4.69, 9.17) is 4.74 Å². The fourth-order valence-electron chi connectivity index (χ4n) is 3.83. The van der Waals surface area contributed by atoms with Gasteiger partial charge in [0.1, 0.15) is 17.7 Å². The first kappa shape index (κ1) is 16.9. The second-order valence-corrected chi connectivity index (χ2v) is 7.16. The highest BCUT2D eigenvalue weighted by Gasteiger charge is 2.20. The van der Waals surface area contributed by atoms with Crippen molar-refractivity contribution in [1.29, 1.82) is 0 Å². The number of nitrogens with one attached hydrogen (secondary N) is 1. The molecule has 0 saturated carbocycles. The molecule has 0 amide bonds. The summed E-state index contributed by atoms with van der Waals surface area (Å²) in [6, 6.07) is 19.8. The van der Waals surface area contributed by atoms with Crippen molar-refractivity contribution in [2.24, 2.45) is 0 Å². The molecule has 1 aliphatic rings. The summed E-state index contributed by atoms with van der Waals surface area (Å²) in [7, 11) is 0. The van der Waals surface area contributed by atoms with Crippen LogP contribution in [0.4, 0.5) is 10.1 Å². The highest BCUT2D eigenvalue weighted by Crippen LogP contribution is 2.32. The van der Waals surface area contributed by atoms with E-state index in [-0.39, 0.29) is 11.9 Å². The van der Waals surface area contributed by atoms with E-state index in [0.29, 0.717) is 11.7 Å². The molecule has 1 unspecified atom stereocenters. The van der Waals surface area contributed by atoms with Crippen molar-refractivity contribution < 1.29 is 9.13 Å². The van der Waals surface area contributed by atoms with E-state index in [1.807, 2.05) is 0 Å². The zero-order valence-corrected chi connectivity index (χ0v) is 15.0. The van der Waals surface area contributed by atoms with Crippen LogP contribution in [0.3, 0.4) is 0 Å². The van der Waals surface area contributed by atoms with Gasteiger partial charge in [-0.15, -0.1) is 0 Å². The molecule has 0 saturated heterocycles. The molecule has 3 aromatic rings. The highest BCUT2D eigenvalue weighted by atomic mass is 19.1. The molecule has 3 aromatic carbocycles. The molecular weight excluding hydrogens is 325 g/mol. The first-order chi connectivity index (χ1) is 12.7. The Balaban J connectivity index is 1.36. The minimum Gasteiger partial charge on any atom is -0.486 e. The number of anilines is 1. The zero-order valence-electron chi connectivity index (χ0n) is 15.0. The Morgan fingerprint density at radius 2 is 1.96 bits per heavy atom. The van der Waals surface area contributed by atoms with Crippen molar-refractivity contribution in [3.63, 3.8) is 0 Å². The van der Waals surface area contributed by atoms with Crippen molar-refractivity contribution >= 4 is 16.5 Å². The van der Waals surface area contributed by atoms with Gasteiger partial charge in [0.25, 0.3) is 0 Å². The molecule has 26 heavy (non-hydrogen) atoms. The average Bonchev–Trinajstić information content (AvgIpc) is 2.67. The molecule has 0 fully saturated rings. The molecular formula is C23H24FNO. The van der Waals surface area contributed by atoms with Crippen molar-refractivity contribution in [2.75, 3.05) is 11.9 Å². The number of halogens is 1. The third-order valence-electron chi connectivity index (χ3n) is 5.27. The average molecular weight is 349 g/mol. The van der Waals surface area contributed by atoms with Gasteiger partial charge < -0.3 is 10.1 Å². The van der Waals surface area contributed by atoms with Gasteiger partial charge in [0.05, 0.1) is 12.2 Å². The smallest absolute Gasteiger partial charge is 0.145 e. The van der Waals surface area contributed by atoms with Crippen LogP contribution < -0.4 is 10.1 Å². The van der Waals surface area contributed by atoms with E-state index >= 15 is 0 Å². The van der Waals surface area contributed by atoms with Crippen LogP contribution in [0.2, 0.25) is 0 Å². The van der Waals surface area contributed by atoms with E-state index < -0.39 is 0 Å². The summed E-state index contributed by atoms with van der Waals surface area (Å²) in [5.41, 5.74) is 2.30. The summed E-state index contributed by atoms with van der Waals surface area (Å²) in [5.74, 6) is 0.876. The lowest BCUT2D eigenvalue weighted by atomic mass is 9.90. The maximum atomic E-state index is 13.4. The molecule has 2 atom stereocenters. The Morgan fingerprint density at radius 1 is 1.12 bits per heavy atom. The minimum atomic E-state index is -0.254. The Hall–Kier alpha value is -2.55. The van der Waals surface area contributed by atoms with Crippen LogP contribution in [-0.4, -0.2) is 12.6 Å². The van der Waals surface area contributed by atoms with Crippen LogP contribution in [0.15, 0.2) is 60.7 Å². The Morgan fingerprint density at radius 3 is 2.88 bits per heavy atom. The summed E-state index contributed by atoms with van der Waals surface area (Å²) < 4.78 is 19.4. The van der Waals surface area contributed by atoms with Gasteiger partial charge in [-0.05, 0) is 53.6 Å².